The molecule has 0 spiro atoms. The van der Waals surface area contributed by atoms with Crippen molar-refractivity contribution < 1.29 is 23.9 Å². The molecule has 1 aliphatic heterocycles. The fourth-order valence-electron chi connectivity index (χ4n) is 4.16. The van der Waals surface area contributed by atoms with Crippen LogP contribution in [0.25, 0.3) is 10.8 Å². The third kappa shape index (κ3) is 6.21. The maximum atomic E-state index is 13.4. The minimum atomic E-state index is -4.02. The average molecular weight is 502 g/mol. The Labute approximate surface area is 201 Å². The fourth-order valence-corrected chi connectivity index (χ4v) is 4.87. The van der Waals surface area contributed by atoms with Gasteiger partial charge in [0.1, 0.15) is 12.4 Å². The zero-order valence-electron chi connectivity index (χ0n) is 19.2. The van der Waals surface area contributed by atoms with Crippen molar-refractivity contribution in [2.45, 2.75) is 25.8 Å². The Morgan fingerprint density at radius 3 is 2.71 bits per heavy atom. The van der Waals surface area contributed by atoms with E-state index >= 15 is 0 Å². The van der Waals surface area contributed by atoms with E-state index in [4.69, 9.17) is 14.5 Å². The van der Waals surface area contributed by atoms with Gasteiger partial charge in [-0.3, -0.25) is 19.1 Å². The van der Waals surface area contributed by atoms with Gasteiger partial charge < -0.3 is 24.7 Å². The van der Waals surface area contributed by atoms with Gasteiger partial charge in [-0.25, -0.2) is 4.68 Å². The van der Waals surface area contributed by atoms with Crippen molar-refractivity contribution in [2.24, 2.45) is 5.92 Å². The van der Waals surface area contributed by atoms with E-state index in [1.54, 1.807) is 24.4 Å². The van der Waals surface area contributed by atoms with Crippen LogP contribution >= 0.6 is 7.60 Å². The van der Waals surface area contributed by atoms with E-state index in [9.17, 15) is 14.2 Å². The molecule has 0 radical (unpaired) electrons. The monoisotopic (exact) mass is 502 g/mol. The summed E-state index contributed by atoms with van der Waals surface area (Å²) in [6.45, 7) is 0.869. The molecule has 1 saturated heterocycles. The highest BCUT2D eigenvalue weighted by atomic mass is 31.2. The number of ether oxygens (including phenoxy) is 1. The van der Waals surface area contributed by atoms with Crippen LogP contribution in [-0.2, 0) is 15.9 Å². The van der Waals surface area contributed by atoms with Gasteiger partial charge in [-0.05, 0) is 37.3 Å². The lowest BCUT2D eigenvalue weighted by Gasteiger charge is -2.33. The molecular weight excluding hydrogens is 475 g/mol. The number of piperidine rings is 1. The SMILES string of the molecule is COc1cc2cnn(CC(=O)Nc3cccnc3)c(=O)c2c(N2CCC(CCP(=O)(O)O)CC2)n1. The van der Waals surface area contributed by atoms with Gasteiger partial charge in [-0.1, -0.05) is 0 Å². The van der Waals surface area contributed by atoms with Crippen LogP contribution in [0.15, 0.2) is 41.6 Å². The zero-order valence-corrected chi connectivity index (χ0v) is 20.1. The predicted molar refractivity (Wildman–Crippen MR) is 130 cm³/mol. The number of carbonyl (C=O) groups excluding carboxylic acids is 1. The number of methoxy groups -OCH3 is 1. The molecule has 0 aliphatic carbocycles. The second kappa shape index (κ2) is 10.5. The van der Waals surface area contributed by atoms with Crippen LogP contribution in [0.4, 0.5) is 11.5 Å². The minimum absolute atomic E-state index is 0.129. The van der Waals surface area contributed by atoms with Gasteiger partial charge in [0, 0.05) is 30.7 Å². The molecule has 0 saturated carbocycles. The highest BCUT2D eigenvalue weighted by Crippen LogP contribution is 2.38. The van der Waals surface area contributed by atoms with E-state index < -0.39 is 19.1 Å². The van der Waals surface area contributed by atoms with Gasteiger partial charge in [-0.15, -0.1) is 0 Å². The molecule has 0 atom stereocenters. The van der Waals surface area contributed by atoms with Crippen molar-refractivity contribution in [3.63, 3.8) is 0 Å². The normalized spacial score (nSPS) is 14.8. The number of aromatic nitrogens is 4. The topological polar surface area (TPSA) is 160 Å². The Balaban J connectivity index is 1.58. The van der Waals surface area contributed by atoms with E-state index in [1.807, 2.05) is 4.90 Å². The standard InChI is InChI=1S/C22H27N6O6P/c1-34-19-11-16-12-24-28(14-18(29)25-17-3-2-7-23-13-17)22(30)20(16)21(26-19)27-8-4-15(5-9-27)6-10-35(31,32)33/h2-3,7,11-13,15H,4-6,8-10,14H2,1H3,(H,25,29)(H2,31,32,33). The van der Waals surface area contributed by atoms with Gasteiger partial charge in [0.15, 0.2) is 0 Å². The maximum Gasteiger partial charge on any atom is 0.325 e. The third-order valence-electron chi connectivity index (χ3n) is 5.98. The number of fused-ring (bicyclic) bond motifs is 1. The quantitative estimate of drug-likeness (QED) is 0.386. The number of hydrogen-bond acceptors (Lipinski definition) is 8. The molecule has 13 heteroatoms. The molecule has 0 unspecified atom stereocenters. The minimum Gasteiger partial charge on any atom is -0.481 e. The molecule has 1 aliphatic rings. The Morgan fingerprint density at radius 1 is 1.29 bits per heavy atom. The molecule has 3 aromatic rings. The molecule has 35 heavy (non-hydrogen) atoms. The molecule has 4 heterocycles. The summed E-state index contributed by atoms with van der Waals surface area (Å²) in [5.74, 6) is 0.553. The van der Waals surface area contributed by atoms with Crippen LogP contribution < -0.4 is 20.5 Å². The fraction of sp³-hybridized carbons (Fsp3) is 0.409. The predicted octanol–water partition coefficient (Wildman–Crippen LogP) is 1.62. The Kier molecular flexibility index (Phi) is 7.44. The lowest BCUT2D eigenvalue weighted by molar-refractivity contribution is -0.117. The third-order valence-corrected chi connectivity index (χ3v) is 6.82. The van der Waals surface area contributed by atoms with Gasteiger partial charge in [-0.2, -0.15) is 10.1 Å². The van der Waals surface area contributed by atoms with Crippen molar-refractivity contribution in [2.75, 3.05) is 36.6 Å². The Hall–Kier alpha value is -3.34. The van der Waals surface area contributed by atoms with Crippen LogP contribution in [0, 0.1) is 5.92 Å². The molecule has 0 bridgehead atoms. The van der Waals surface area contributed by atoms with Gasteiger partial charge >= 0.3 is 7.60 Å². The summed E-state index contributed by atoms with van der Waals surface area (Å²) in [6, 6.07) is 5.01. The number of nitrogens with one attached hydrogen (secondary N) is 1. The average Bonchev–Trinajstić information content (AvgIpc) is 2.84. The number of pyridine rings is 2. The molecule has 12 nitrogen and oxygen atoms in total. The van der Waals surface area contributed by atoms with Crippen LogP contribution in [0.3, 0.4) is 0 Å². The summed E-state index contributed by atoms with van der Waals surface area (Å²) in [7, 11) is -2.54. The molecule has 3 N–H and O–H groups in total. The van der Waals surface area contributed by atoms with E-state index in [1.165, 1.54) is 19.5 Å². The number of nitrogens with zero attached hydrogens (tertiary/aromatic N) is 5. The first kappa shape index (κ1) is 24.8. The number of hydrogen-bond donors (Lipinski definition) is 3. The maximum absolute atomic E-state index is 13.4. The molecule has 3 aromatic heterocycles. The van der Waals surface area contributed by atoms with Crippen LogP contribution in [0.5, 0.6) is 5.88 Å². The van der Waals surface area contributed by atoms with Crippen molar-refractivity contribution >= 4 is 35.8 Å². The van der Waals surface area contributed by atoms with Crippen molar-refractivity contribution in [1.82, 2.24) is 19.7 Å². The summed E-state index contributed by atoms with van der Waals surface area (Å²) in [5, 5.41) is 7.73. The summed E-state index contributed by atoms with van der Waals surface area (Å²) < 4.78 is 17.6. The number of amides is 1. The van der Waals surface area contributed by atoms with Crippen LogP contribution in [0.2, 0.25) is 0 Å². The Morgan fingerprint density at radius 2 is 2.06 bits per heavy atom. The summed E-state index contributed by atoms with van der Waals surface area (Å²) in [4.78, 5) is 54.6. The second-order valence-electron chi connectivity index (χ2n) is 8.46. The van der Waals surface area contributed by atoms with Gasteiger partial charge in [0.05, 0.1) is 36.7 Å². The molecular formula is C22H27N6O6P. The summed E-state index contributed by atoms with van der Waals surface area (Å²) in [6.07, 6.45) is 6.36. The largest absolute Gasteiger partial charge is 0.481 e. The highest BCUT2D eigenvalue weighted by molar-refractivity contribution is 7.51. The molecule has 186 valence electrons. The number of carbonyl (C=O) groups is 1. The number of anilines is 2. The zero-order chi connectivity index (χ0) is 25.0. The highest BCUT2D eigenvalue weighted by Gasteiger charge is 2.26. The lowest BCUT2D eigenvalue weighted by Crippen LogP contribution is -2.36. The first-order valence-corrected chi connectivity index (χ1v) is 13.0. The van der Waals surface area contributed by atoms with Crippen LogP contribution in [-0.4, -0.2) is 61.8 Å². The van der Waals surface area contributed by atoms with E-state index in [0.29, 0.717) is 60.5 Å². The molecule has 0 aromatic carbocycles. The van der Waals surface area contributed by atoms with Gasteiger partial charge in [0.2, 0.25) is 11.8 Å². The van der Waals surface area contributed by atoms with E-state index in [2.05, 4.69) is 20.4 Å². The summed E-state index contributed by atoms with van der Waals surface area (Å²) >= 11 is 0. The smallest absolute Gasteiger partial charge is 0.325 e. The summed E-state index contributed by atoms with van der Waals surface area (Å²) in [5.41, 5.74) is 0.0673. The molecule has 1 fully saturated rings. The van der Waals surface area contributed by atoms with Gasteiger partial charge in [0.25, 0.3) is 5.56 Å². The van der Waals surface area contributed by atoms with Crippen molar-refractivity contribution in [1.29, 1.82) is 0 Å². The molecule has 4 rings (SSSR count). The molecule has 1 amide bonds. The number of rotatable bonds is 8. The van der Waals surface area contributed by atoms with Crippen molar-refractivity contribution in [3.05, 3.63) is 47.1 Å². The first-order valence-electron chi connectivity index (χ1n) is 11.2. The lowest BCUT2D eigenvalue weighted by atomic mass is 9.94. The van der Waals surface area contributed by atoms with E-state index in [-0.39, 0.29) is 18.6 Å². The van der Waals surface area contributed by atoms with Crippen molar-refractivity contribution in [3.8, 4) is 5.88 Å². The first-order chi connectivity index (χ1) is 16.7. The van der Waals surface area contributed by atoms with E-state index in [0.717, 1.165) is 4.68 Å². The Bertz CT molecular complexity index is 1300. The van der Waals surface area contributed by atoms with Crippen LogP contribution in [0.1, 0.15) is 19.3 Å². The second-order valence-corrected chi connectivity index (χ2v) is 10.2.